The average Bonchev–Trinajstić information content (AvgIpc) is 2.82. The number of hydrogen-bond acceptors (Lipinski definition) is 2. The van der Waals surface area contributed by atoms with Gasteiger partial charge in [0, 0.05) is 13.1 Å². The maximum atomic E-state index is 12.6. The Hall–Kier alpha value is -0.570. The largest absolute Gasteiger partial charge is 0.341 e. The van der Waals surface area contributed by atoms with E-state index in [0.29, 0.717) is 11.3 Å². The third kappa shape index (κ3) is 3.75. The molecule has 0 radical (unpaired) electrons. The highest BCUT2D eigenvalue weighted by molar-refractivity contribution is 5.82. The van der Waals surface area contributed by atoms with Gasteiger partial charge in [0.2, 0.25) is 5.91 Å². The molecular weight excluding hydrogens is 248 g/mol. The molecule has 1 amide bonds. The molecule has 1 aliphatic heterocycles. The van der Waals surface area contributed by atoms with E-state index in [1.54, 1.807) is 0 Å². The smallest absolute Gasteiger partial charge is 0.239 e. The second kappa shape index (κ2) is 6.93. The van der Waals surface area contributed by atoms with E-state index >= 15 is 0 Å². The zero-order chi connectivity index (χ0) is 14.6. The molecule has 1 aliphatic carbocycles. The van der Waals surface area contributed by atoms with Crippen molar-refractivity contribution in [2.45, 2.75) is 71.8 Å². The van der Waals surface area contributed by atoms with Crippen molar-refractivity contribution in [1.82, 2.24) is 10.2 Å². The number of carbonyl (C=O) groups excluding carboxylic acids is 1. The molecule has 3 heteroatoms. The lowest BCUT2D eigenvalue weighted by molar-refractivity contribution is -0.138. The highest BCUT2D eigenvalue weighted by Gasteiger charge is 2.39. The number of nitrogens with zero attached hydrogens (tertiary/aromatic N) is 1. The van der Waals surface area contributed by atoms with Crippen molar-refractivity contribution in [2.24, 2.45) is 11.3 Å². The van der Waals surface area contributed by atoms with E-state index in [9.17, 15) is 4.79 Å². The van der Waals surface area contributed by atoms with Crippen LogP contribution in [-0.2, 0) is 4.79 Å². The number of carbonyl (C=O) groups is 1. The molecule has 1 saturated carbocycles. The van der Waals surface area contributed by atoms with Crippen LogP contribution in [0.5, 0.6) is 0 Å². The summed E-state index contributed by atoms with van der Waals surface area (Å²) >= 11 is 0. The molecule has 0 aromatic heterocycles. The molecule has 0 bridgehead atoms. The summed E-state index contributed by atoms with van der Waals surface area (Å²) in [7, 11) is 0. The van der Waals surface area contributed by atoms with Gasteiger partial charge in [0.05, 0.1) is 6.04 Å². The normalized spacial score (nSPS) is 26.5. The van der Waals surface area contributed by atoms with E-state index in [1.807, 2.05) is 0 Å². The van der Waals surface area contributed by atoms with Gasteiger partial charge in [-0.1, -0.05) is 33.6 Å². The first-order valence-electron chi connectivity index (χ1n) is 8.58. The first-order chi connectivity index (χ1) is 9.56. The summed E-state index contributed by atoms with van der Waals surface area (Å²) in [5.74, 6) is 1.09. The second-order valence-electron chi connectivity index (χ2n) is 7.32. The summed E-state index contributed by atoms with van der Waals surface area (Å²) in [6.07, 6.45) is 8.79. The SMILES string of the molecule is CCNC1CCCN(CC2(CC(C)C)CCCC2)C1=O. The summed E-state index contributed by atoms with van der Waals surface area (Å²) < 4.78 is 0. The molecule has 1 atom stereocenters. The lowest BCUT2D eigenvalue weighted by atomic mass is 9.77. The fourth-order valence-corrected chi connectivity index (χ4v) is 4.36. The summed E-state index contributed by atoms with van der Waals surface area (Å²) in [6, 6.07) is 0.0752. The Morgan fingerprint density at radius 1 is 1.30 bits per heavy atom. The number of rotatable bonds is 6. The predicted octanol–water partition coefficient (Wildman–Crippen LogP) is 3.19. The minimum absolute atomic E-state index is 0.0752. The molecule has 0 spiro atoms. The number of nitrogens with one attached hydrogen (secondary N) is 1. The molecule has 0 aromatic carbocycles. The maximum Gasteiger partial charge on any atom is 0.239 e. The molecule has 1 N–H and O–H groups in total. The first-order valence-corrected chi connectivity index (χ1v) is 8.58. The van der Waals surface area contributed by atoms with Crippen molar-refractivity contribution in [3.8, 4) is 0 Å². The fraction of sp³-hybridized carbons (Fsp3) is 0.941. The van der Waals surface area contributed by atoms with Crippen molar-refractivity contribution in [2.75, 3.05) is 19.6 Å². The first kappa shape index (κ1) is 15.8. The van der Waals surface area contributed by atoms with Gasteiger partial charge >= 0.3 is 0 Å². The van der Waals surface area contributed by atoms with Gasteiger partial charge in [0.25, 0.3) is 0 Å². The Bertz CT molecular complexity index is 319. The molecule has 1 unspecified atom stereocenters. The molecule has 2 aliphatic rings. The zero-order valence-electron chi connectivity index (χ0n) is 13.6. The van der Waals surface area contributed by atoms with E-state index < -0.39 is 0 Å². The van der Waals surface area contributed by atoms with Crippen LogP contribution in [0.15, 0.2) is 0 Å². The number of likely N-dealkylation sites (tertiary alicyclic amines) is 1. The van der Waals surface area contributed by atoms with E-state index in [0.717, 1.165) is 38.4 Å². The summed E-state index contributed by atoms with van der Waals surface area (Å²) in [5.41, 5.74) is 0.415. The van der Waals surface area contributed by atoms with Crippen LogP contribution in [0.25, 0.3) is 0 Å². The molecule has 116 valence electrons. The van der Waals surface area contributed by atoms with Gasteiger partial charge in [0.1, 0.15) is 0 Å². The van der Waals surface area contributed by atoms with Gasteiger partial charge in [-0.25, -0.2) is 0 Å². The number of amides is 1. The molecule has 2 fully saturated rings. The third-order valence-electron chi connectivity index (χ3n) is 5.01. The van der Waals surface area contributed by atoms with Crippen LogP contribution in [-0.4, -0.2) is 36.5 Å². The van der Waals surface area contributed by atoms with Crippen LogP contribution in [0.2, 0.25) is 0 Å². The maximum absolute atomic E-state index is 12.6. The van der Waals surface area contributed by atoms with Crippen LogP contribution in [0.3, 0.4) is 0 Å². The fourth-order valence-electron chi connectivity index (χ4n) is 4.36. The molecule has 3 nitrogen and oxygen atoms in total. The molecule has 1 saturated heterocycles. The van der Waals surface area contributed by atoms with Gasteiger partial charge in [-0.15, -0.1) is 0 Å². The lowest BCUT2D eigenvalue weighted by Gasteiger charge is -2.40. The van der Waals surface area contributed by atoms with Gasteiger partial charge in [-0.05, 0) is 50.0 Å². The summed E-state index contributed by atoms with van der Waals surface area (Å²) in [6.45, 7) is 9.59. The second-order valence-corrected chi connectivity index (χ2v) is 7.32. The van der Waals surface area contributed by atoms with Crippen molar-refractivity contribution < 1.29 is 4.79 Å². The Morgan fingerprint density at radius 3 is 2.60 bits per heavy atom. The third-order valence-corrected chi connectivity index (χ3v) is 5.01. The highest BCUT2D eigenvalue weighted by atomic mass is 16.2. The standard InChI is InChI=1S/C17H32N2O/c1-4-18-15-8-7-11-19(16(15)20)13-17(12-14(2)3)9-5-6-10-17/h14-15,18H,4-13H2,1-3H3. The predicted molar refractivity (Wildman–Crippen MR) is 83.6 cm³/mol. The summed E-state index contributed by atoms with van der Waals surface area (Å²) in [4.78, 5) is 14.8. The Kier molecular flexibility index (Phi) is 5.48. The average molecular weight is 280 g/mol. The molecule has 1 heterocycles. The lowest BCUT2D eigenvalue weighted by Crippen LogP contribution is -2.53. The van der Waals surface area contributed by atoms with Crippen molar-refractivity contribution in [1.29, 1.82) is 0 Å². The van der Waals surface area contributed by atoms with Crippen molar-refractivity contribution in [3.63, 3.8) is 0 Å². The summed E-state index contributed by atoms with van der Waals surface area (Å²) in [5, 5.41) is 3.35. The van der Waals surface area contributed by atoms with E-state index in [2.05, 4.69) is 31.0 Å². The molecular formula is C17H32N2O. The number of hydrogen-bond donors (Lipinski definition) is 1. The number of piperidine rings is 1. The van der Waals surface area contributed by atoms with Crippen LogP contribution < -0.4 is 5.32 Å². The van der Waals surface area contributed by atoms with Crippen LogP contribution >= 0.6 is 0 Å². The van der Waals surface area contributed by atoms with Crippen LogP contribution in [0.1, 0.15) is 65.7 Å². The molecule has 20 heavy (non-hydrogen) atoms. The van der Waals surface area contributed by atoms with Crippen molar-refractivity contribution >= 4 is 5.91 Å². The van der Waals surface area contributed by atoms with E-state index in [1.165, 1.54) is 32.1 Å². The minimum atomic E-state index is 0.0752. The van der Waals surface area contributed by atoms with E-state index in [-0.39, 0.29) is 6.04 Å². The van der Waals surface area contributed by atoms with Gasteiger partial charge in [0.15, 0.2) is 0 Å². The van der Waals surface area contributed by atoms with Gasteiger partial charge in [-0.2, -0.15) is 0 Å². The van der Waals surface area contributed by atoms with Crippen LogP contribution in [0.4, 0.5) is 0 Å². The van der Waals surface area contributed by atoms with E-state index in [4.69, 9.17) is 0 Å². The Morgan fingerprint density at radius 2 is 2.00 bits per heavy atom. The Labute approximate surface area is 124 Å². The zero-order valence-corrected chi connectivity index (χ0v) is 13.6. The van der Waals surface area contributed by atoms with Gasteiger partial charge in [-0.3, -0.25) is 4.79 Å². The van der Waals surface area contributed by atoms with Gasteiger partial charge < -0.3 is 10.2 Å². The highest BCUT2D eigenvalue weighted by Crippen LogP contribution is 2.44. The number of likely N-dealkylation sites (N-methyl/N-ethyl adjacent to an activating group) is 1. The minimum Gasteiger partial charge on any atom is -0.341 e. The van der Waals surface area contributed by atoms with Crippen LogP contribution in [0, 0.1) is 11.3 Å². The molecule has 2 rings (SSSR count). The van der Waals surface area contributed by atoms with Crippen molar-refractivity contribution in [3.05, 3.63) is 0 Å². The topological polar surface area (TPSA) is 32.3 Å². The molecule has 0 aromatic rings. The monoisotopic (exact) mass is 280 g/mol. The Balaban J connectivity index is 2.00. The quantitative estimate of drug-likeness (QED) is 0.810.